The standard InChI is InChI=1S/C19H27NOS/c21-19(15-22-18-11-4-5-12-18)20-13-7-6-10-17(14-20)16-8-2-1-3-9-16/h1-3,8-9,17-18H,4-7,10-15H2. The second-order valence-electron chi connectivity index (χ2n) is 6.66. The SMILES string of the molecule is O=C(CSC1CCCC1)N1CCCCC(c2ccccc2)C1. The summed E-state index contributed by atoms with van der Waals surface area (Å²) in [5.74, 6) is 1.57. The minimum atomic E-state index is 0.361. The summed E-state index contributed by atoms with van der Waals surface area (Å²) in [5, 5.41) is 0.737. The van der Waals surface area contributed by atoms with Crippen molar-refractivity contribution < 1.29 is 4.79 Å². The number of nitrogens with zero attached hydrogens (tertiary/aromatic N) is 1. The highest BCUT2D eigenvalue weighted by Gasteiger charge is 2.24. The maximum absolute atomic E-state index is 12.6. The molecule has 2 aliphatic rings. The monoisotopic (exact) mass is 317 g/mol. The lowest BCUT2D eigenvalue weighted by atomic mass is 9.94. The molecule has 0 N–H and O–H groups in total. The van der Waals surface area contributed by atoms with Gasteiger partial charge in [0, 0.05) is 24.3 Å². The summed E-state index contributed by atoms with van der Waals surface area (Å²) < 4.78 is 0. The summed E-state index contributed by atoms with van der Waals surface area (Å²) in [7, 11) is 0. The Morgan fingerprint density at radius 2 is 1.77 bits per heavy atom. The first-order valence-corrected chi connectivity index (χ1v) is 9.82. The van der Waals surface area contributed by atoms with Gasteiger partial charge in [0.1, 0.15) is 0 Å². The Morgan fingerprint density at radius 1 is 1.05 bits per heavy atom. The molecule has 0 bridgehead atoms. The molecule has 1 atom stereocenters. The van der Waals surface area contributed by atoms with Crippen molar-refractivity contribution in [3.8, 4) is 0 Å². The first-order chi connectivity index (χ1) is 10.8. The molecule has 1 aliphatic carbocycles. The van der Waals surface area contributed by atoms with Gasteiger partial charge in [0.05, 0.1) is 5.75 Å². The van der Waals surface area contributed by atoms with E-state index >= 15 is 0 Å². The van der Waals surface area contributed by atoms with Crippen LogP contribution in [0.15, 0.2) is 30.3 Å². The van der Waals surface area contributed by atoms with Crippen LogP contribution < -0.4 is 0 Å². The van der Waals surface area contributed by atoms with Crippen LogP contribution >= 0.6 is 11.8 Å². The Hall–Kier alpha value is -0.960. The zero-order valence-electron chi connectivity index (χ0n) is 13.4. The smallest absolute Gasteiger partial charge is 0.232 e. The van der Waals surface area contributed by atoms with Crippen molar-refractivity contribution in [2.24, 2.45) is 0 Å². The predicted molar refractivity (Wildman–Crippen MR) is 94.3 cm³/mol. The lowest BCUT2D eigenvalue weighted by Crippen LogP contribution is -2.35. The van der Waals surface area contributed by atoms with Crippen molar-refractivity contribution in [1.29, 1.82) is 0 Å². The van der Waals surface area contributed by atoms with E-state index in [-0.39, 0.29) is 0 Å². The highest BCUT2D eigenvalue weighted by Crippen LogP contribution is 2.30. The zero-order valence-corrected chi connectivity index (χ0v) is 14.2. The summed E-state index contributed by atoms with van der Waals surface area (Å²) >= 11 is 1.90. The Balaban J connectivity index is 1.56. The van der Waals surface area contributed by atoms with Gasteiger partial charge in [0.15, 0.2) is 0 Å². The molecule has 3 rings (SSSR count). The van der Waals surface area contributed by atoms with Crippen molar-refractivity contribution >= 4 is 17.7 Å². The highest BCUT2D eigenvalue weighted by molar-refractivity contribution is 8.00. The van der Waals surface area contributed by atoms with Crippen molar-refractivity contribution in [3.63, 3.8) is 0 Å². The van der Waals surface area contributed by atoms with E-state index in [2.05, 4.69) is 35.2 Å². The Kier molecular flexibility index (Phi) is 5.82. The third kappa shape index (κ3) is 4.28. The molecule has 0 spiro atoms. The van der Waals surface area contributed by atoms with Gasteiger partial charge in [-0.25, -0.2) is 0 Å². The van der Waals surface area contributed by atoms with Gasteiger partial charge in [0.25, 0.3) is 0 Å². The van der Waals surface area contributed by atoms with Crippen LogP contribution in [0.3, 0.4) is 0 Å². The largest absolute Gasteiger partial charge is 0.341 e. The molecule has 1 amide bonds. The molecule has 1 saturated heterocycles. The summed E-state index contributed by atoms with van der Waals surface area (Å²) in [6, 6.07) is 10.7. The van der Waals surface area contributed by atoms with Crippen LogP contribution in [-0.4, -0.2) is 34.9 Å². The quantitative estimate of drug-likeness (QED) is 0.817. The van der Waals surface area contributed by atoms with Crippen LogP contribution in [0.25, 0.3) is 0 Å². The molecule has 2 fully saturated rings. The molecule has 2 nitrogen and oxygen atoms in total. The second-order valence-corrected chi connectivity index (χ2v) is 7.95. The van der Waals surface area contributed by atoms with E-state index < -0.39 is 0 Å². The van der Waals surface area contributed by atoms with E-state index in [1.807, 2.05) is 11.8 Å². The van der Waals surface area contributed by atoms with Crippen molar-refractivity contribution in [2.45, 2.75) is 56.1 Å². The number of hydrogen-bond acceptors (Lipinski definition) is 2. The summed E-state index contributed by atoms with van der Waals surface area (Å²) in [6.45, 7) is 1.86. The molecule has 1 heterocycles. The lowest BCUT2D eigenvalue weighted by Gasteiger charge is -2.25. The maximum Gasteiger partial charge on any atom is 0.232 e. The first kappa shape index (κ1) is 15.9. The molecule has 1 unspecified atom stereocenters. The van der Waals surface area contributed by atoms with Crippen molar-refractivity contribution in [3.05, 3.63) is 35.9 Å². The number of carbonyl (C=O) groups excluding carboxylic acids is 1. The fraction of sp³-hybridized carbons (Fsp3) is 0.632. The summed E-state index contributed by atoms with van der Waals surface area (Å²) in [4.78, 5) is 14.7. The van der Waals surface area contributed by atoms with Gasteiger partial charge in [-0.15, -0.1) is 11.8 Å². The minimum Gasteiger partial charge on any atom is -0.341 e. The van der Waals surface area contributed by atoms with Crippen LogP contribution in [-0.2, 0) is 4.79 Å². The molecular formula is C19H27NOS. The van der Waals surface area contributed by atoms with E-state index in [4.69, 9.17) is 0 Å². The summed E-state index contributed by atoms with van der Waals surface area (Å²) in [6.07, 6.45) is 8.93. The van der Waals surface area contributed by atoms with Gasteiger partial charge in [-0.1, -0.05) is 49.6 Å². The number of likely N-dealkylation sites (tertiary alicyclic amines) is 1. The van der Waals surface area contributed by atoms with Crippen LogP contribution in [0.5, 0.6) is 0 Å². The number of hydrogen-bond donors (Lipinski definition) is 0. The van der Waals surface area contributed by atoms with E-state index in [1.54, 1.807) is 0 Å². The average Bonchev–Trinajstić information content (AvgIpc) is 2.96. The highest BCUT2D eigenvalue weighted by atomic mass is 32.2. The normalized spacial score (nSPS) is 23.5. The molecule has 0 aromatic heterocycles. The molecule has 3 heteroatoms. The third-order valence-electron chi connectivity index (χ3n) is 5.04. The van der Waals surface area contributed by atoms with Crippen LogP contribution in [0.2, 0.25) is 0 Å². The lowest BCUT2D eigenvalue weighted by molar-refractivity contribution is -0.128. The fourth-order valence-corrected chi connectivity index (χ4v) is 4.93. The van der Waals surface area contributed by atoms with Gasteiger partial charge in [-0.2, -0.15) is 0 Å². The van der Waals surface area contributed by atoms with E-state index in [9.17, 15) is 4.79 Å². The molecular weight excluding hydrogens is 290 g/mol. The van der Waals surface area contributed by atoms with E-state index in [1.165, 1.54) is 44.1 Å². The van der Waals surface area contributed by atoms with E-state index in [0.29, 0.717) is 17.6 Å². The average molecular weight is 317 g/mol. The predicted octanol–water partition coefficient (Wildman–Crippen LogP) is 4.46. The maximum atomic E-state index is 12.6. The molecule has 1 saturated carbocycles. The first-order valence-electron chi connectivity index (χ1n) is 8.77. The topological polar surface area (TPSA) is 20.3 Å². The number of thioether (sulfide) groups is 1. The summed E-state index contributed by atoms with van der Waals surface area (Å²) in [5.41, 5.74) is 1.39. The third-order valence-corrected chi connectivity index (χ3v) is 6.40. The number of amides is 1. The van der Waals surface area contributed by atoms with Gasteiger partial charge < -0.3 is 4.90 Å². The van der Waals surface area contributed by atoms with E-state index in [0.717, 1.165) is 24.8 Å². The molecule has 1 aliphatic heterocycles. The molecule has 22 heavy (non-hydrogen) atoms. The van der Waals surface area contributed by atoms with Gasteiger partial charge in [-0.05, 0) is 31.2 Å². The number of rotatable bonds is 4. The van der Waals surface area contributed by atoms with Gasteiger partial charge in [-0.3, -0.25) is 4.79 Å². The molecule has 1 aromatic rings. The zero-order chi connectivity index (χ0) is 15.2. The minimum absolute atomic E-state index is 0.361. The van der Waals surface area contributed by atoms with Crippen LogP contribution in [0, 0.1) is 0 Å². The van der Waals surface area contributed by atoms with Gasteiger partial charge in [0.2, 0.25) is 5.91 Å². The van der Waals surface area contributed by atoms with Crippen molar-refractivity contribution in [1.82, 2.24) is 4.90 Å². The number of benzene rings is 1. The Morgan fingerprint density at radius 3 is 2.55 bits per heavy atom. The van der Waals surface area contributed by atoms with Crippen LogP contribution in [0.4, 0.5) is 0 Å². The van der Waals surface area contributed by atoms with Crippen molar-refractivity contribution in [2.75, 3.05) is 18.8 Å². The Bertz CT molecular complexity index is 470. The fourth-order valence-electron chi connectivity index (χ4n) is 3.70. The molecule has 0 radical (unpaired) electrons. The molecule has 1 aromatic carbocycles. The van der Waals surface area contributed by atoms with Gasteiger partial charge >= 0.3 is 0 Å². The number of carbonyl (C=O) groups is 1. The van der Waals surface area contributed by atoms with Crippen LogP contribution in [0.1, 0.15) is 56.4 Å². The molecule has 120 valence electrons. The Labute approximate surface area is 138 Å². The second kappa shape index (κ2) is 8.05.